The summed E-state index contributed by atoms with van der Waals surface area (Å²) in [4.78, 5) is 54.4. The third-order valence-electron chi connectivity index (χ3n) is 8.53. The maximum atomic E-state index is 16.2. The first-order chi connectivity index (χ1) is 22.5. The second-order valence-corrected chi connectivity index (χ2v) is 13.1. The highest BCUT2D eigenvalue weighted by Crippen LogP contribution is 2.48. The van der Waals surface area contributed by atoms with Gasteiger partial charge in [0, 0.05) is 38.9 Å². The Morgan fingerprint density at radius 2 is 1.85 bits per heavy atom. The summed E-state index contributed by atoms with van der Waals surface area (Å²) in [6.45, 7) is 7.59. The van der Waals surface area contributed by atoms with Gasteiger partial charge in [0.05, 0.1) is 23.2 Å². The molecule has 12 nitrogen and oxygen atoms in total. The Hall–Kier alpha value is -5.01. The van der Waals surface area contributed by atoms with Crippen LogP contribution < -0.4 is 36.3 Å². The van der Waals surface area contributed by atoms with Crippen LogP contribution in [0.25, 0.3) is 27.4 Å². The van der Waals surface area contributed by atoms with Crippen molar-refractivity contribution in [1.29, 1.82) is 0 Å². The van der Waals surface area contributed by atoms with Crippen LogP contribution in [-0.2, 0) is 9.53 Å². The third kappa shape index (κ3) is 5.76. The number of amides is 3. The molecule has 47 heavy (non-hydrogen) atoms. The van der Waals surface area contributed by atoms with E-state index in [1.165, 1.54) is 6.20 Å². The number of fused-ring (bicyclic) bond motifs is 3. The molecule has 3 aromatic carbocycles. The van der Waals surface area contributed by atoms with Crippen molar-refractivity contribution in [3.05, 3.63) is 70.3 Å². The van der Waals surface area contributed by atoms with E-state index in [0.29, 0.717) is 49.6 Å². The predicted molar refractivity (Wildman–Crippen MR) is 174 cm³/mol. The number of halogens is 1. The number of hydrogen-bond acceptors (Lipinski definition) is 9. The fourth-order valence-electron chi connectivity index (χ4n) is 6.41. The number of nitrogens with zero attached hydrogens (tertiary/aromatic N) is 2. The first-order valence-electron chi connectivity index (χ1n) is 15.6. The summed E-state index contributed by atoms with van der Waals surface area (Å²) in [6, 6.07) is 11.5. The highest BCUT2D eigenvalue weighted by Gasteiger charge is 2.35. The highest BCUT2D eigenvalue weighted by atomic mass is 19.1. The molecule has 7 rings (SSSR count). The number of hydrogen-bond donors (Lipinski definition) is 4. The van der Waals surface area contributed by atoms with Crippen LogP contribution >= 0.6 is 0 Å². The monoisotopic (exact) mass is 642 g/mol. The van der Waals surface area contributed by atoms with Gasteiger partial charge in [0.25, 0.3) is 5.91 Å². The number of aromatic nitrogens is 1. The fraction of sp³-hybridized carbons (Fsp3) is 0.353. The minimum Gasteiger partial charge on any atom is -0.451 e. The summed E-state index contributed by atoms with van der Waals surface area (Å²) >= 11 is 0. The number of imide groups is 1. The summed E-state index contributed by atoms with van der Waals surface area (Å²) in [6.07, 6.45) is 1.36. The largest absolute Gasteiger partial charge is 0.451 e. The Morgan fingerprint density at radius 3 is 2.57 bits per heavy atom. The number of rotatable bonds is 4. The van der Waals surface area contributed by atoms with Gasteiger partial charge in [-0.2, -0.15) is 0 Å². The molecule has 13 heteroatoms. The van der Waals surface area contributed by atoms with Gasteiger partial charge in [0.2, 0.25) is 11.3 Å². The van der Waals surface area contributed by atoms with E-state index in [4.69, 9.17) is 9.47 Å². The lowest BCUT2D eigenvalue weighted by Crippen LogP contribution is -2.56. The summed E-state index contributed by atoms with van der Waals surface area (Å²) in [7, 11) is 0. The molecule has 3 aliphatic heterocycles. The molecule has 0 spiro atoms. The van der Waals surface area contributed by atoms with Gasteiger partial charge in [-0.3, -0.25) is 19.7 Å². The van der Waals surface area contributed by atoms with E-state index in [1.54, 1.807) is 30.2 Å². The van der Waals surface area contributed by atoms with Crippen LogP contribution in [0.15, 0.2) is 53.5 Å². The van der Waals surface area contributed by atoms with Crippen molar-refractivity contribution >= 4 is 45.3 Å². The molecule has 0 aliphatic carbocycles. The number of anilines is 1. The van der Waals surface area contributed by atoms with Crippen LogP contribution in [0.2, 0.25) is 0 Å². The standard InChI is InChI=1S/C34H35FN6O6/c1-34(2,3)47-33(45)38-20-8-11-40(16-20)28-23(35)14-21-27-30(28)46-26-13-19-7-5-4-6-18(19)12-25(26)41(27)17-22(29(21)42)31(43)39-32(44)24-15-36-9-10-37-24/h4-7,12-14,17,20,24,36-37H,8-11,15-16H2,1-3H3,(H,38,45)(H,39,43,44). The number of nitrogens with one attached hydrogen (secondary N) is 4. The summed E-state index contributed by atoms with van der Waals surface area (Å²) < 4.78 is 29.7. The zero-order valence-electron chi connectivity index (χ0n) is 26.2. The molecule has 2 fully saturated rings. The highest BCUT2D eigenvalue weighted by molar-refractivity contribution is 6.08. The molecular formula is C34H35FN6O6. The minimum absolute atomic E-state index is 0.0692. The predicted octanol–water partition coefficient (Wildman–Crippen LogP) is 3.31. The lowest BCUT2D eigenvalue weighted by atomic mass is 10.0. The van der Waals surface area contributed by atoms with Gasteiger partial charge in [0.15, 0.2) is 17.3 Å². The molecule has 0 saturated carbocycles. The number of ether oxygens (including phenoxy) is 2. The molecule has 4 aromatic rings. The molecule has 0 radical (unpaired) electrons. The fourth-order valence-corrected chi connectivity index (χ4v) is 6.41. The molecule has 4 heterocycles. The third-order valence-corrected chi connectivity index (χ3v) is 8.53. The lowest BCUT2D eigenvalue weighted by Gasteiger charge is -2.29. The average Bonchev–Trinajstić information content (AvgIpc) is 3.48. The van der Waals surface area contributed by atoms with Crippen LogP contribution in [-0.4, -0.2) is 72.9 Å². The minimum atomic E-state index is -0.881. The van der Waals surface area contributed by atoms with Crippen molar-refractivity contribution in [2.24, 2.45) is 0 Å². The molecule has 244 valence electrons. The van der Waals surface area contributed by atoms with E-state index in [-0.39, 0.29) is 35.0 Å². The molecule has 0 bridgehead atoms. The molecule has 4 N–H and O–H groups in total. The summed E-state index contributed by atoms with van der Waals surface area (Å²) in [5.41, 5.74) is -0.736. The van der Waals surface area contributed by atoms with Crippen molar-refractivity contribution in [3.63, 3.8) is 0 Å². The van der Waals surface area contributed by atoms with Crippen molar-refractivity contribution in [2.45, 2.75) is 44.9 Å². The first kappa shape index (κ1) is 30.6. The first-order valence-corrected chi connectivity index (χ1v) is 15.6. The number of benzene rings is 3. The van der Waals surface area contributed by atoms with E-state index in [1.807, 2.05) is 36.4 Å². The van der Waals surface area contributed by atoms with E-state index in [2.05, 4.69) is 21.3 Å². The zero-order chi connectivity index (χ0) is 33.0. The maximum absolute atomic E-state index is 16.2. The summed E-state index contributed by atoms with van der Waals surface area (Å²) in [5.74, 6) is -1.65. The molecule has 2 saturated heterocycles. The summed E-state index contributed by atoms with van der Waals surface area (Å²) in [5, 5.41) is 13.0. The molecule has 2 atom stereocenters. The Morgan fingerprint density at radius 1 is 1.09 bits per heavy atom. The molecular weight excluding hydrogens is 607 g/mol. The van der Waals surface area contributed by atoms with Crippen molar-refractivity contribution in [2.75, 3.05) is 37.6 Å². The number of pyridine rings is 1. The average molecular weight is 643 g/mol. The SMILES string of the molecule is CC(C)(C)OC(=O)NC1CCN(c2c(F)cc3c(=O)c(C(=O)NC(=O)C4CNCCN4)cn4c3c2Oc2cc3ccccc3cc2-4)C1. The van der Waals surface area contributed by atoms with E-state index >= 15 is 4.39 Å². The second kappa shape index (κ2) is 11.7. The Bertz CT molecular complexity index is 2010. The number of carbonyl (C=O) groups is 3. The van der Waals surface area contributed by atoms with E-state index < -0.39 is 40.8 Å². The van der Waals surface area contributed by atoms with E-state index in [0.717, 1.165) is 16.8 Å². The molecule has 2 unspecified atom stereocenters. The second-order valence-electron chi connectivity index (χ2n) is 13.1. The lowest BCUT2D eigenvalue weighted by molar-refractivity contribution is -0.122. The van der Waals surface area contributed by atoms with Gasteiger partial charge in [-0.25, -0.2) is 9.18 Å². The molecule has 3 amide bonds. The van der Waals surface area contributed by atoms with Gasteiger partial charge >= 0.3 is 6.09 Å². The van der Waals surface area contributed by atoms with Gasteiger partial charge in [-0.05, 0) is 56.2 Å². The van der Waals surface area contributed by atoms with Gasteiger partial charge in [-0.1, -0.05) is 24.3 Å². The number of alkyl carbamates (subject to hydrolysis) is 1. The zero-order valence-corrected chi connectivity index (χ0v) is 26.2. The van der Waals surface area contributed by atoms with Crippen LogP contribution in [0.4, 0.5) is 14.9 Å². The van der Waals surface area contributed by atoms with Crippen LogP contribution in [0.3, 0.4) is 0 Å². The van der Waals surface area contributed by atoms with Crippen LogP contribution in [0.1, 0.15) is 37.6 Å². The van der Waals surface area contributed by atoms with Gasteiger partial charge < -0.3 is 34.9 Å². The maximum Gasteiger partial charge on any atom is 0.407 e. The number of carbonyl (C=O) groups excluding carboxylic acids is 3. The Balaban J connectivity index is 1.32. The van der Waals surface area contributed by atoms with Crippen LogP contribution in [0.5, 0.6) is 11.5 Å². The smallest absolute Gasteiger partial charge is 0.407 e. The van der Waals surface area contributed by atoms with Gasteiger partial charge in [-0.15, -0.1) is 0 Å². The van der Waals surface area contributed by atoms with Crippen LogP contribution in [0, 0.1) is 5.82 Å². The topological polar surface area (TPSA) is 143 Å². The molecule has 3 aliphatic rings. The molecule has 1 aromatic heterocycles. The quantitative estimate of drug-likeness (QED) is 0.217. The number of piperazine rings is 1. The Labute approximate surface area is 269 Å². The van der Waals surface area contributed by atoms with Crippen molar-refractivity contribution in [3.8, 4) is 17.2 Å². The van der Waals surface area contributed by atoms with Gasteiger partial charge in [0.1, 0.15) is 22.4 Å². The van der Waals surface area contributed by atoms with Crippen molar-refractivity contribution in [1.82, 2.24) is 25.8 Å². The van der Waals surface area contributed by atoms with Crippen molar-refractivity contribution < 1.29 is 28.2 Å². The van der Waals surface area contributed by atoms with E-state index in [9.17, 15) is 19.2 Å². The Kier molecular flexibility index (Phi) is 7.60. The normalized spacial score (nSPS) is 18.9.